The Morgan fingerprint density at radius 3 is 3.00 bits per heavy atom. The standard InChI is InChI=1S/C16H27N5O2/c1-19-9-10-21(12-14(19)15-17-7-8-20(15)2)16(22)18-6-5-13-4-3-11-23-13/h7-8,13-14H,3-6,9-12H2,1-2H3,(H,18,22)/t13-,14-/m0/s1. The van der Waals surface area contributed by atoms with E-state index in [9.17, 15) is 4.79 Å². The second-order valence-electron chi connectivity index (χ2n) is 6.49. The lowest BCUT2D eigenvalue weighted by atomic mass is 10.1. The zero-order valence-electron chi connectivity index (χ0n) is 14.1. The summed E-state index contributed by atoms with van der Waals surface area (Å²) in [5.41, 5.74) is 0. The lowest BCUT2D eigenvalue weighted by Gasteiger charge is -2.38. The molecule has 0 saturated carbocycles. The molecule has 1 aromatic rings. The number of imidazole rings is 1. The molecule has 2 aliphatic heterocycles. The summed E-state index contributed by atoms with van der Waals surface area (Å²) in [7, 11) is 4.09. The molecule has 0 radical (unpaired) electrons. The van der Waals surface area contributed by atoms with E-state index in [1.807, 2.05) is 28.9 Å². The largest absolute Gasteiger partial charge is 0.378 e. The summed E-state index contributed by atoms with van der Waals surface area (Å²) in [6.45, 7) is 3.83. The maximum absolute atomic E-state index is 12.4. The molecule has 0 unspecified atom stereocenters. The first-order chi connectivity index (χ1) is 11.1. The summed E-state index contributed by atoms with van der Waals surface area (Å²) < 4.78 is 7.62. The Labute approximate surface area is 137 Å². The van der Waals surface area contributed by atoms with Crippen molar-refractivity contribution in [1.29, 1.82) is 0 Å². The van der Waals surface area contributed by atoms with Crippen LogP contribution >= 0.6 is 0 Å². The minimum absolute atomic E-state index is 0.0234. The first kappa shape index (κ1) is 16.3. The number of urea groups is 1. The van der Waals surface area contributed by atoms with Crippen molar-refractivity contribution in [2.24, 2.45) is 7.05 Å². The third-order valence-electron chi connectivity index (χ3n) is 4.86. The Morgan fingerprint density at radius 2 is 2.30 bits per heavy atom. The van der Waals surface area contributed by atoms with E-state index >= 15 is 0 Å². The van der Waals surface area contributed by atoms with E-state index in [1.165, 1.54) is 0 Å². The van der Waals surface area contributed by atoms with Crippen molar-refractivity contribution in [1.82, 2.24) is 24.7 Å². The van der Waals surface area contributed by atoms with E-state index in [0.717, 1.165) is 44.8 Å². The van der Waals surface area contributed by atoms with Gasteiger partial charge in [0.15, 0.2) is 0 Å². The van der Waals surface area contributed by atoms with Gasteiger partial charge in [-0.3, -0.25) is 4.90 Å². The van der Waals surface area contributed by atoms with Crippen LogP contribution in [0.15, 0.2) is 12.4 Å². The molecule has 2 saturated heterocycles. The zero-order chi connectivity index (χ0) is 16.2. The van der Waals surface area contributed by atoms with Crippen molar-refractivity contribution >= 4 is 6.03 Å². The lowest BCUT2D eigenvalue weighted by Crippen LogP contribution is -2.52. The number of piperazine rings is 1. The Kier molecular flexibility index (Phi) is 5.17. The minimum Gasteiger partial charge on any atom is -0.378 e. The molecule has 1 aromatic heterocycles. The number of carbonyl (C=O) groups excluding carboxylic acids is 1. The van der Waals surface area contributed by atoms with Gasteiger partial charge in [0.1, 0.15) is 5.82 Å². The summed E-state index contributed by atoms with van der Waals surface area (Å²) >= 11 is 0. The Balaban J connectivity index is 1.51. The van der Waals surface area contributed by atoms with Crippen molar-refractivity contribution in [2.45, 2.75) is 31.4 Å². The summed E-state index contributed by atoms with van der Waals surface area (Å²) in [6, 6.07) is 0.169. The number of aromatic nitrogens is 2. The van der Waals surface area contributed by atoms with Crippen LogP contribution in [-0.2, 0) is 11.8 Å². The molecule has 2 fully saturated rings. The maximum Gasteiger partial charge on any atom is 0.317 e. The number of hydrogen-bond acceptors (Lipinski definition) is 4. The van der Waals surface area contributed by atoms with Gasteiger partial charge in [0, 0.05) is 52.2 Å². The SMILES string of the molecule is CN1CCN(C(=O)NCC[C@@H]2CCCO2)C[C@H]1c1nccn1C. The van der Waals surface area contributed by atoms with E-state index < -0.39 is 0 Å². The van der Waals surface area contributed by atoms with E-state index in [1.54, 1.807) is 0 Å². The molecule has 3 rings (SSSR count). The highest BCUT2D eigenvalue weighted by atomic mass is 16.5. The van der Waals surface area contributed by atoms with Crippen LogP contribution in [0.25, 0.3) is 0 Å². The topological polar surface area (TPSA) is 62.6 Å². The maximum atomic E-state index is 12.4. The third kappa shape index (κ3) is 3.84. The van der Waals surface area contributed by atoms with Crippen LogP contribution in [0, 0.1) is 0 Å². The lowest BCUT2D eigenvalue weighted by molar-refractivity contribution is 0.0967. The fourth-order valence-corrected chi connectivity index (χ4v) is 3.36. The average molecular weight is 321 g/mol. The van der Waals surface area contributed by atoms with Gasteiger partial charge in [-0.05, 0) is 26.3 Å². The van der Waals surface area contributed by atoms with Crippen LogP contribution in [0.1, 0.15) is 31.1 Å². The van der Waals surface area contributed by atoms with Crippen LogP contribution in [0.3, 0.4) is 0 Å². The molecule has 128 valence electrons. The summed E-state index contributed by atoms with van der Waals surface area (Å²) in [5.74, 6) is 1.00. The van der Waals surface area contributed by atoms with Crippen LogP contribution in [0.4, 0.5) is 4.79 Å². The van der Waals surface area contributed by atoms with Gasteiger partial charge in [-0.25, -0.2) is 9.78 Å². The molecule has 2 atom stereocenters. The number of ether oxygens (including phenoxy) is 1. The van der Waals surface area contributed by atoms with Gasteiger partial charge in [0.05, 0.1) is 12.1 Å². The number of aryl methyl sites for hydroxylation is 1. The second-order valence-corrected chi connectivity index (χ2v) is 6.49. The van der Waals surface area contributed by atoms with Crippen LogP contribution in [0.2, 0.25) is 0 Å². The van der Waals surface area contributed by atoms with E-state index in [-0.39, 0.29) is 12.1 Å². The van der Waals surface area contributed by atoms with Gasteiger partial charge >= 0.3 is 6.03 Å². The molecule has 2 aliphatic rings. The monoisotopic (exact) mass is 321 g/mol. The number of hydrogen-bond donors (Lipinski definition) is 1. The second kappa shape index (κ2) is 7.31. The van der Waals surface area contributed by atoms with E-state index in [4.69, 9.17) is 4.74 Å². The Hall–Kier alpha value is -1.60. The highest BCUT2D eigenvalue weighted by Gasteiger charge is 2.30. The highest BCUT2D eigenvalue weighted by molar-refractivity contribution is 5.74. The molecule has 0 aromatic carbocycles. The molecule has 0 bridgehead atoms. The van der Waals surface area contributed by atoms with E-state index in [0.29, 0.717) is 19.2 Å². The van der Waals surface area contributed by atoms with Gasteiger partial charge in [-0.1, -0.05) is 0 Å². The first-order valence-electron chi connectivity index (χ1n) is 8.47. The predicted molar refractivity (Wildman–Crippen MR) is 87.1 cm³/mol. The van der Waals surface area contributed by atoms with Crippen LogP contribution in [0.5, 0.6) is 0 Å². The smallest absolute Gasteiger partial charge is 0.317 e. The number of likely N-dealkylation sites (N-methyl/N-ethyl adjacent to an activating group) is 1. The zero-order valence-corrected chi connectivity index (χ0v) is 14.1. The summed E-state index contributed by atoms with van der Waals surface area (Å²) in [5, 5.41) is 3.04. The number of nitrogens with zero attached hydrogens (tertiary/aromatic N) is 4. The van der Waals surface area contributed by atoms with Crippen molar-refractivity contribution in [2.75, 3.05) is 39.8 Å². The summed E-state index contributed by atoms with van der Waals surface area (Å²) in [4.78, 5) is 21.0. The van der Waals surface area contributed by atoms with Crippen LogP contribution < -0.4 is 5.32 Å². The van der Waals surface area contributed by atoms with Crippen LogP contribution in [-0.4, -0.2) is 71.3 Å². The van der Waals surface area contributed by atoms with Gasteiger partial charge in [-0.2, -0.15) is 0 Å². The summed E-state index contributed by atoms with van der Waals surface area (Å²) in [6.07, 6.45) is 7.24. The molecule has 1 N–H and O–H groups in total. The van der Waals surface area contributed by atoms with Crippen molar-refractivity contribution in [3.05, 3.63) is 18.2 Å². The molecule has 2 amide bonds. The van der Waals surface area contributed by atoms with Crippen molar-refractivity contribution < 1.29 is 9.53 Å². The van der Waals surface area contributed by atoms with Crippen molar-refractivity contribution in [3.63, 3.8) is 0 Å². The number of carbonyl (C=O) groups is 1. The average Bonchev–Trinajstić information content (AvgIpc) is 3.19. The van der Waals surface area contributed by atoms with Gasteiger partial charge in [0.2, 0.25) is 0 Å². The normalized spacial score (nSPS) is 25.7. The number of amides is 2. The van der Waals surface area contributed by atoms with Crippen molar-refractivity contribution in [3.8, 4) is 0 Å². The fourth-order valence-electron chi connectivity index (χ4n) is 3.36. The molecule has 0 spiro atoms. The molecule has 7 heteroatoms. The third-order valence-corrected chi connectivity index (χ3v) is 4.86. The molecular formula is C16H27N5O2. The quantitative estimate of drug-likeness (QED) is 0.898. The highest BCUT2D eigenvalue weighted by Crippen LogP contribution is 2.22. The fraction of sp³-hybridized carbons (Fsp3) is 0.750. The van der Waals surface area contributed by atoms with Gasteiger partial charge in [-0.15, -0.1) is 0 Å². The molecule has 0 aliphatic carbocycles. The van der Waals surface area contributed by atoms with Gasteiger partial charge in [0.25, 0.3) is 0 Å². The Bertz CT molecular complexity index is 526. The van der Waals surface area contributed by atoms with E-state index in [2.05, 4.69) is 22.2 Å². The molecule has 7 nitrogen and oxygen atoms in total. The molecule has 23 heavy (non-hydrogen) atoms. The number of rotatable bonds is 4. The Morgan fingerprint density at radius 1 is 1.43 bits per heavy atom. The first-order valence-corrected chi connectivity index (χ1v) is 8.47. The van der Waals surface area contributed by atoms with Gasteiger partial charge < -0.3 is 19.5 Å². The molecule has 3 heterocycles. The minimum atomic E-state index is 0.0234. The predicted octanol–water partition coefficient (Wildman–Crippen LogP) is 0.987. The number of nitrogens with one attached hydrogen (secondary N) is 1. The molecular weight excluding hydrogens is 294 g/mol.